The van der Waals surface area contributed by atoms with Crippen LogP contribution in [0, 0.1) is 0 Å². The Hall–Kier alpha value is 0.540. The first kappa shape index (κ1) is 18.6. The van der Waals surface area contributed by atoms with E-state index in [1.165, 1.54) is 5.82 Å². The summed E-state index contributed by atoms with van der Waals surface area (Å²) in [6, 6.07) is 0. The molecular weight excluding hydrogens is 394 g/mol. The van der Waals surface area contributed by atoms with Gasteiger partial charge in [0.2, 0.25) is 0 Å². The summed E-state index contributed by atoms with van der Waals surface area (Å²) in [5.74, 6) is 1.51. The van der Waals surface area contributed by atoms with Crippen LogP contribution >= 0.6 is 30.2 Å². The predicted molar refractivity (Wildman–Crippen MR) is 87.3 cm³/mol. The van der Waals surface area contributed by atoms with Gasteiger partial charge in [0.1, 0.15) is 0 Å². The van der Waals surface area contributed by atoms with Gasteiger partial charge in [0, 0.05) is 16.9 Å². The zero-order chi connectivity index (χ0) is 14.8. The van der Waals surface area contributed by atoms with Crippen LogP contribution in [-0.4, -0.2) is 36.6 Å². The second-order valence-electron chi connectivity index (χ2n) is 4.34. The van der Waals surface area contributed by atoms with Gasteiger partial charge >= 0.3 is 7.60 Å². The van der Waals surface area contributed by atoms with Crippen LogP contribution in [0.2, 0.25) is 0 Å². The van der Waals surface area contributed by atoms with Crippen molar-refractivity contribution in [3.05, 3.63) is 11.9 Å². The Bertz CT molecular complexity index is 321. The second kappa shape index (κ2) is 10.3. The first-order valence-electron chi connectivity index (χ1n) is 7.04. The Morgan fingerprint density at radius 2 is 2.05 bits per heavy atom. The van der Waals surface area contributed by atoms with Gasteiger partial charge in [0.15, 0.2) is 6.29 Å². The third-order valence-corrected chi connectivity index (χ3v) is 5.36. The Balaban J connectivity index is 2.55. The molecule has 7 heteroatoms. The van der Waals surface area contributed by atoms with Crippen molar-refractivity contribution in [2.24, 2.45) is 0 Å². The second-order valence-corrected chi connectivity index (χ2v) is 7.12. The lowest BCUT2D eigenvalue weighted by Gasteiger charge is -2.25. The average Bonchev–Trinajstić information content (AvgIpc) is 2.45. The van der Waals surface area contributed by atoms with Crippen LogP contribution in [0.4, 0.5) is 0 Å². The normalized spacial score (nSPS) is 22.2. The van der Waals surface area contributed by atoms with E-state index in [9.17, 15) is 4.57 Å². The number of hydrogen-bond acceptors (Lipinski definition) is 5. The maximum absolute atomic E-state index is 12.3. The Morgan fingerprint density at radius 3 is 2.55 bits per heavy atom. The smallest absolute Gasteiger partial charge is 0.353 e. The Morgan fingerprint density at radius 1 is 1.35 bits per heavy atom. The summed E-state index contributed by atoms with van der Waals surface area (Å²) >= 11 is 2.24. The van der Waals surface area contributed by atoms with E-state index in [1.807, 2.05) is 0 Å². The minimum Gasteiger partial charge on any atom is -0.353 e. The van der Waals surface area contributed by atoms with Crippen molar-refractivity contribution in [3.63, 3.8) is 0 Å². The van der Waals surface area contributed by atoms with Crippen molar-refractivity contribution in [3.8, 4) is 0 Å². The van der Waals surface area contributed by atoms with Gasteiger partial charge in [-0.15, -0.1) is 0 Å². The third-order valence-electron chi connectivity index (χ3n) is 2.72. The molecule has 5 nitrogen and oxygen atoms in total. The number of halogens is 1. The van der Waals surface area contributed by atoms with Gasteiger partial charge in [-0.2, -0.15) is 0 Å². The molecule has 0 radical (unpaired) electrons. The van der Waals surface area contributed by atoms with E-state index in [0.29, 0.717) is 13.2 Å². The predicted octanol–water partition coefficient (Wildman–Crippen LogP) is 4.11. The summed E-state index contributed by atoms with van der Waals surface area (Å²) in [7, 11) is -3.14. The Kier molecular flexibility index (Phi) is 9.57. The summed E-state index contributed by atoms with van der Waals surface area (Å²) in [4.78, 5) is 0. The lowest BCUT2D eigenvalue weighted by atomic mass is 10.2. The number of ether oxygens (including phenoxy) is 2. The minimum atomic E-state index is -3.14. The van der Waals surface area contributed by atoms with Crippen LogP contribution in [0.5, 0.6) is 0 Å². The van der Waals surface area contributed by atoms with E-state index < -0.39 is 7.60 Å². The topological polar surface area (TPSA) is 54.0 Å². The molecule has 0 N–H and O–H groups in total. The standard InChI is InChI=1S/C13H24IO5P/c1-3-17-20(15,18-4-2)10-8-12(11-14)19-13-7-5-6-9-16-13/h8,10,12-13H,3-7,9,11H2,1-2H3/b10-8+/t12-,13+/m1/s1. The molecule has 1 saturated heterocycles. The van der Waals surface area contributed by atoms with Crippen molar-refractivity contribution in [1.82, 2.24) is 0 Å². The lowest BCUT2D eigenvalue weighted by molar-refractivity contribution is -0.173. The van der Waals surface area contributed by atoms with Crippen molar-refractivity contribution >= 4 is 30.2 Å². The maximum atomic E-state index is 12.3. The molecular formula is C13H24IO5P. The molecule has 1 rings (SSSR count). The number of alkyl halides is 1. The van der Waals surface area contributed by atoms with Crippen LogP contribution in [0.15, 0.2) is 11.9 Å². The largest absolute Gasteiger partial charge is 0.353 e. The van der Waals surface area contributed by atoms with Crippen molar-refractivity contribution in [1.29, 1.82) is 0 Å². The molecule has 20 heavy (non-hydrogen) atoms. The highest BCUT2D eigenvalue weighted by Gasteiger charge is 2.22. The highest BCUT2D eigenvalue weighted by Crippen LogP contribution is 2.49. The number of rotatable bonds is 9. The summed E-state index contributed by atoms with van der Waals surface area (Å²) < 4.78 is 34.9. The molecule has 0 saturated carbocycles. The fraction of sp³-hybridized carbons (Fsp3) is 0.846. The van der Waals surface area contributed by atoms with Crippen molar-refractivity contribution < 1.29 is 23.1 Å². The summed E-state index contributed by atoms with van der Waals surface area (Å²) in [5, 5.41) is 0. The molecule has 2 atom stereocenters. The van der Waals surface area contributed by atoms with Gasteiger partial charge in [-0.25, -0.2) is 0 Å². The molecule has 0 spiro atoms. The van der Waals surface area contributed by atoms with Crippen LogP contribution in [0.3, 0.4) is 0 Å². The van der Waals surface area contributed by atoms with Crippen LogP contribution < -0.4 is 0 Å². The minimum absolute atomic E-state index is 0.145. The van der Waals surface area contributed by atoms with Gasteiger partial charge in [0.05, 0.1) is 19.3 Å². The first-order valence-corrected chi connectivity index (χ1v) is 10.2. The van der Waals surface area contributed by atoms with Crippen LogP contribution in [-0.2, 0) is 23.1 Å². The maximum Gasteiger partial charge on any atom is 0.353 e. The summed E-state index contributed by atoms with van der Waals surface area (Å²) in [5.41, 5.74) is 0. The van der Waals surface area contributed by atoms with E-state index in [0.717, 1.165) is 30.3 Å². The number of hydrogen-bond donors (Lipinski definition) is 0. The van der Waals surface area contributed by atoms with Crippen molar-refractivity contribution in [2.75, 3.05) is 24.2 Å². The molecule has 1 fully saturated rings. The van der Waals surface area contributed by atoms with Crippen LogP contribution in [0.25, 0.3) is 0 Å². The SMILES string of the molecule is CCOP(=O)(/C=C/[C@H](CI)O[C@H]1CCCCO1)OCC. The summed E-state index contributed by atoms with van der Waals surface area (Å²) in [6.45, 7) is 5.04. The Labute approximate surface area is 135 Å². The zero-order valence-corrected chi connectivity index (χ0v) is 15.2. The van der Waals surface area contributed by atoms with Gasteiger partial charge in [0.25, 0.3) is 0 Å². The van der Waals surface area contributed by atoms with E-state index in [4.69, 9.17) is 18.5 Å². The van der Waals surface area contributed by atoms with Gasteiger partial charge in [-0.05, 0) is 39.2 Å². The monoisotopic (exact) mass is 418 g/mol. The molecule has 0 aromatic rings. The zero-order valence-electron chi connectivity index (χ0n) is 12.1. The molecule has 118 valence electrons. The molecule has 0 amide bonds. The highest BCUT2D eigenvalue weighted by molar-refractivity contribution is 14.1. The van der Waals surface area contributed by atoms with E-state index in [2.05, 4.69) is 22.6 Å². The fourth-order valence-electron chi connectivity index (χ4n) is 1.83. The quantitative estimate of drug-likeness (QED) is 0.321. The van der Waals surface area contributed by atoms with Gasteiger partial charge < -0.3 is 18.5 Å². The van der Waals surface area contributed by atoms with E-state index in [-0.39, 0.29) is 12.4 Å². The summed E-state index contributed by atoms with van der Waals surface area (Å²) in [6.07, 6.45) is 4.58. The highest BCUT2D eigenvalue weighted by atomic mass is 127. The molecule has 0 aliphatic carbocycles. The van der Waals surface area contributed by atoms with E-state index in [1.54, 1.807) is 19.9 Å². The molecule has 0 aromatic heterocycles. The molecule has 0 aromatic carbocycles. The van der Waals surface area contributed by atoms with Gasteiger partial charge in [-0.1, -0.05) is 22.6 Å². The molecule has 1 heterocycles. The van der Waals surface area contributed by atoms with Crippen molar-refractivity contribution in [2.45, 2.75) is 45.5 Å². The molecule has 0 unspecified atom stereocenters. The molecule has 1 aliphatic heterocycles. The fourth-order valence-corrected chi connectivity index (χ4v) is 3.70. The third kappa shape index (κ3) is 7.00. The molecule has 0 bridgehead atoms. The molecule has 1 aliphatic rings. The first-order chi connectivity index (χ1) is 9.63. The van der Waals surface area contributed by atoms with Gasteiger partial charge in [-0.3, -0.25) is 4.57 Å². The van der Waals surface area contributed by atoms with E-state index >= 15 is 0 Å². The lowest BCUT2D eigenvalue weighted by Crippen LogP contribution is -2.27. The average molecular weight is 418 g/mol. The van der Waals surface area contributed by atoms with Crippen LogP contribution in [0.1, 0.15) is 33.1 Å².